The van der Waals surface area contributed by atoms with Gasteiger partial charge >= 0.3 is 5.97 Å². The molecule has 1 fully saturated rings. The highest BCUT2D eigenvalue weighted by molar-refractivity contribution is 9.10. The lowest BCUT2D eigenvalue weighted by Gasteiger charge is -2.27. The van der Waals surface area contributed by atoms with Gasteiger partial charge in [-0.25, -0.2) is 16.8 Å². The van der Waals surface area contributed by atoms with E-state index in [-0.39, 0.29) is 42.2 Å². The van der Waals surface area contributed by atoms with Crippen LogP contribution in [0.3, 0.4) is 0 Å². The number of sulfonamides is 1. The van der Waals surface area contributed by atoms with Crippen LogP contribution in [0.25, 0.3) is 0 Å². The molecule has 7 nitrogen and oxygen atoms in total. The van der Waals surface area contributed by atoms with Crippen LogP contribution >= 0.6 is 15.9 Å². The van der Waals surface area contributed by atoms with Crippen LogP contribution in [0.1, 0.15) is 19.3 Å². The largest absolute Gasteiger partial charge is 0.481 e. The summed E-state index contributed by atoms with van der Waals surface area (Å²) in [5.41, 5.74) is 0. The SMILES string of the molecule is O=C(O)CCCN([C@@H]1CCS(=O)(=O)C1)S(=O)(=O)c1ccc(Br)cc1. The molecule has 1 aliphatic heterocycles. The number of sulfone groups is 1. The van der Waals surface area contributed by atoms with Crippen molar-refractivity contribution >= 4 is 41.8 Å². The van der Waals surface area contributed by atoms with Crippen LogP contribution in [0.5, 0.6) is 0 Å². The van der Waals surface area contributed by atoms with Gasteiger partial charge in [-0.2, -0.15) is 4.31 Å². The predicted octanol–water partition coefficient (Wildman–Crippen LogP) is 1.49. The number of rotatable bonds is 7. The molecule has 1 saturated heterocycles. The van der Waals surface area contributed by atoms with E-state index < -0.39 is 31.9 Å². The average molecular weight is 440 g/mol. The van der Waals surface area contributed by atoms with E-state index in [0.717, 1.165) is 8.78 Å². The highest BCUT2D eigenvalue weighted by atomic mass is 79.9. The first-order chi connectivity index (χ1) is 11.1. The summed E-state index contributed by atoms with van der Waals surface area (Å²) >= 11 is 3.24. The highest BCUT2D eigenvalue weighted by Crippen LogP contribution is 2.26. The van der Waals surface area contributed by atoms with Gasteiger partial charge in [0.25, 0.3) is 0 Å². The predicted molar refractivity (Wildman–Crippen MR) is 92.0 cm³/mol. The monoisotopic (exact) mass is 439 g/mol. The third-order valence-corrected chi connectivity index (χ3v) is 8.05. The minimum Gasteiger partial charge on any atom is -0.481 e. The van der Waals surface area contributed by atoms with Crippen molar-refractivity contribution in [3.05, 3.63) is 28.7 Å². The van der Waals surface area contributed by atoms with Crippen LogP contribution in [0.15, 0.2) is 33.6 Å². The van der Waals surface area contributed by atoms with E-state index in [0.29, 0.717) is 0 Å². The molecule has 0 unspecified atom stereocenters. The molecule has 24 heavy (non-hydrogen) atoms. The number of carbonyl (C=O) groups is 1. The van der Waals surface area contributed by atoms with Crippen molar-refractivity contribution in [1.29, 1.82) is 0 Å². The summed E-state index contributed by atoms with van der Waals surface area (Å²) in [4.78, 5) is 10.8. The second-order valence-corrected chi connectivity index (χ2v) is 10.7. The second-order valence-electron chi connectivity index (χ2n) is 5.62. The molecule has 1 aromatic carbocycles. The maximum absolute atomic E-state index is 12.9. The zero-order valence-corrected chi connectivity index (χ0v) is 16.0. The van der Waals surface area contributed by atoms with Crippen LogP contribution in [0.2, 0.25) is 0 Å². The van der Waals surface area contributed by atoms with E-state index in [1.807, 2.05) is 0 Å². The number of halogens is 1. The summed E-state index contributed by atoms with van der Waals surface area (Å²) in [7, 11) is -7.16. The molecule has 0 radical (unpaired) electrons. The molecule has 0 aliphatic carbocycles. The smallest absolute Gasteiger partial charge is 0.303 e. The Morgan fingerprint density at radius 3 is 2.42 bits per heavy atom. The number of hydrogen-bond acceptors (Lipinski definition) is 5. The van der Waals surface area contributed by atoms with Gasteiger partial charge in [0.1, 0.15) is 0 Å². The van der Waals surface area contributed by atoms with E-state index in [1.165, 1.54) is 12.1 Å². The summed E-state index contributed by atoms with van der Waals surface area (Å²) in [6.45, 7) is -0.0229. The van der Waals surface area contributed by atoms with Crippen molar-refractivity contribution in [2.45, 2.75) is 30.2 Å². The third-order valence-electron chi connectivity index (χ3n) is 3.81. The molecule has 10 heteroatoms. The van der Waals surface area contributed by atoms with Crippen molar-refractivity contribution in [3.63, 3.8) is 0 Å². The van der Waals surface area contributed by atoms with Gasteiger partial charge in [0.05, 0.1) is 16.4 Å². The molecule has 1 aromatic rings. The van der Waals surface area contributed by atoms with Gasteiger partial charge in [0.2, 0.25) is 10.0 Å². The molecule has 0 saturated carbocycles. The molecule has 1 atom stereocenters. The van der Waals surface area contributed by atoms with Gasteiger partial charge in [-0.05, 0) is 37.1 Å². The summed E-state index contributed by atoms with van der Waals surface area (Å²) in [6.07, 6.45) is 0.179. The van der Waals surface area contributed by atoms with Gasteiger partial charge in [0, 0.05) is 23.5 Å². The molecule has 0 bridgehead atoms. The first-order valence-electron chi connectivity index (χ1n) is 7.31. The minimum absolute atomic E-state index is 0.0229. The summed E-state index contributed by atoms with van der Waals surface area (Å²) in [5, 5.41) is 8.76. The third kappa shape index (κ3) is 4.78. The molecule has 1 aliphatic rings. The van der Waals surface area contributed by atoms with E-state index >= 15 is 0 Å². The van der Waals surface area contributed by atoms with Crippen molar-refractivity contribution in [3.8, 4) is 0 Å². The number of nitrogens with zero attached hydrogens (tertiary/aromatic N) is 1. The lowest BCUT2D eigenvalue weighted by Crippen LogP contribution is -2.41. The Hall–Kier alpha value is -0.970. The Morgan fingerprint density at radius 1 is 1.29 bits per heavy atom. The summed E-state index contributed by atoms with van der Waals surface area (Å²) < 4.78 is 51.1. The standard InChI is InChI=1S/C14H18BrNO6S2/c15-11-3-5-13(6-4-11)24(21,22)16(8-1-2-14(17)18)12-7-9-23(19,20)10-12/h3-6,12H,1-2,7-10H2,(H,17,18)/t12-/m1/s1. The number of hydrogen-bond donors (Lipinski definition) is 1. The maximum atomic E-state index is 12.9. The Morgan fingerprint density at radius 2 is 1.92 bits per heavy atom. The normalized spacial score (nSPS) is 20.3. The Labute approximate surface area is 149 Å². The first-order valence-corrected chi connectivity index (χ1v) is 11.4. The van der Waals surface area contributed by atoms with Gasteiger partial charge in [-0.3, -0.25) is 4.79 Å². The first kappa shape index (κ1) is 19.4. The molecule has 1 heterocycles. The fourth-order valence-corrected chi connectivity index (χ4v) is 6.41. The molecule has 0 aromatic heterocycles. The summed E-state index contributed by atoms with van der Waals surface area (Å²) in [5.74, 6) is -1.30. The van der Waals surface area contributed by atoms with Crippen LogP contribution in [-0.4, -0.2) is 56.3 Å². The van der Waals surface area contributed by atoms with Gasteiger partial charge in [0.15, 0.2) is 9.84 Å². The second kappa shape index (κ2) is 7.51. The van der Waals surface area contributed by atoms with E-state index in [2.05, 4.69) is 15.9 Å². The van der Waals surface area contributed by atoms with Gasteiger partial charge < -0.3 is 5.11 Å². The van der Waals surface area contributed by atoms with E-state index in [1.54, 1.807) is 12.1 Å². The molecule has 1 N–H and O–H groups in total. The number of aliphatic carboxylic acids is 1. The highest BCUT2D eigenvalue weighted by Gasteiger charge is 2.38. The van der Waals surface area contributed by atoms with E-state index in [9.17, 15) is 21.6 Å². The molecule has 0 spiro atoms. The fraction of sp³-hybridized carbons (Fsp3) is 0.500. The zero-order valence-electron chi connectivity index (χ0n) is 12.8. The molecule has 2 rings (SSSR count). The van der Waals surface area contributed by atoms with Crippen LogP contribution in [0, 0.1) is 0 Å². The van der Waals surface area contributed by atoms with Gasteiger partial charge in [-0.1, -0.05) is 15.9 Å². The quantitative estimate of drug-likeness (QED) is 0.688. The topological polar surface area (TPSA) is 109 Å². The molecular formula is C14H18BrNO6S2. The fourth-order valence-electron chi connectivity index (χ4n) is 2.63. The maximum Gasteiger partial charge on any atom is 0.303 e. The Kier molecular flexibility index (Phi) is 6.05. The lowest BCUT2D eigenvalue weighted by molar-refractivity contribution is -0.137. The average Bonchev–Trinajstić information content (AvgIpc) is 2.83. The minimum atomic E-state index is -3.89. The molecular weight excluding hydrogens is 422 g/mol. The van der Waals surface area contributed by atoms with Crippen molar-refractivity contribution in [2.24, 2.45) is 0 Å². The zero-order chi connectivity index (χ0) is 18.0. The number of carboxylic acid groups (broad SMARTS) is 1. The van der Waals surface area contributed by atoms with Crippen LogP contribution < -0.4 is 0 Å². The van der Waals surface area contributed by atoms with Crippen molar-refractivity contribution < 1.29 is 26.7 Å². The Bertz CT molecular complexity index is 804. The lowest BCUT2D eigenvalue weighted by atomic mass is 10.2. The Balaban J connectivity index is 2.29. The van der Waals surface area contributed by atoms with Crippen LogP contribution in [-0.2, 0) is 24.7 Å². The summed E-state index contributed by atoms with van der Waals surface area (Å²) in [6, 6.07) is 5.40. The van der Waals surface area contributed by atoms with Crippen molar-refractivity contribution in [2.75, 3.05) is 18.1 Å². The molecule has 134 valence electrons. The number of carboxylic acids is 1. The van der Waals surface area contributed by atoms with E-state index in [4.69, 9.17) is 5.11 Å². The molecule has 0 amide bonds. The number of benzene rings is 1. The van der Waals surface area contributed by atoms with Crippen molar-refractivity contribution in [1.82, 2.24) is 4.31 Å². The van der Waals surface area contributed by atoms with Crippen LogP contribution in [0.4, 0.5) is 0 Å². The van der Waals surface area contributed by atoms with Gasteiger partial charge in [-0.15, -0.1) is 0 Å².